The highest BCUT2D eigenvalue weighted by atomic mass is 16.1. The largest absolute Gasteiger partial charge is 0.350 e. The summed E-state index contributed by atoms with van der Waals surface area (Å²) in [6.07, 6.45) is 8.53. The Morgan fingerprint density at radius 1 is 1.43 bits per heavy atom. The van der Waals surface area contributed by atoms with E-state index in [0.29, 0.717) is 6.42 Å². The highest BCUT2D eigenvalue weighted by Gasteiger charge is 2.13. The number of hydrogen-bond donors (Lipinski definition) is 1. The fourth-order valence-corrected chi connectivity index (χ4v) is 2.95. The van der Waals surface area contributed by atoms with Crippen molar-refractivity contribution in [2.24, 2.45) is 0 Å². The number of hydrogen-bond acceptors (Lipinski definition) is 2. The van der Waals surface area contributed by atoms with E-state index in [1.165, 1.54) is 18.4 Å². The van der Waals surface area contributed by atoms with E-state index in [-0.39, 0.29) is 11.9 Å². The van der Waals surface area contributed by atoms with E-state index in [0.717, 1.165) is 37.2 Å². The van der Waals surface area contributed by atoms with Crippen molar-refractivity contribution in [1.82, 2.24) is 15.1 Å². The molecule has 1 amide bonds. The van der Waals surface area contributed by atoms with Crippen LogP contribution in [-0.2, 0) is 11.3 Å². The van der Waals surface area contributed by atoms with Crippen LogP contribution in [0, 0.1) is 13.8 Å². The Balaban J connectivity index is 1.72. The third-order valence-corrected chi connectivity index (χ3v) is 4.14. The summed E-state index contributed by atoms with van der Waals surface area (Å²) < 4.78 is 1.98. The first-order valence-electron chi connectivity index (χ1n) is 8.05. The van der Waals surface area contributed by atoms with Crippen molar-refractivity contribution >= 4 is 5.91 Å². The van der Waals surface area contributed by atoms with Crippen LogP contribution in [0.4, 0.5) is 0 Å². The van der Waals surface area contributed by atoms with E-state index in [2.05, 4.69) is 36.4 Å². The molecule has 0 unspecified atom stereocenters. The van der Waals surface area contributed by atoms with Crippen LogP contribution in [0.25, 0.3) is 0 Å². The third kappa shape index (κ3) is 4.73. The molecule has 0 spiro atoms. The number of carbonyl (C=O) groups excluding carboxylic acids is 1. The SMILES string of the molecule is Cc1cc(C)n(CCCC(=O)N[C@@H](C)C2=CCCCC2)n1. The van der Waals surface area contributed by atoms with E-state index in [1.807, 2.05) is 11.6 Å². The number of allylic oxidation sites excluding steroid dienone is 1. The van der Waals surface area contributed by atoms with Crippen molar-refractivity contribution in [1.29, 1.82) is 0 Å². The fourth-order valence-electron chi connectivity index (χ4n) is 2.95. The summed E-state index contributed by atoms with van der Waals surface area (Å²) in [5.74, 6) is 0.149. The quantitative estimate of drug-likeness (QED) is 0.817. The topological polar surface area (TPSA) is 46.9 Å². The molecule has 116 valence electrons. The Morgan fingerprint density at radius 3 is 2.86 bits per heavy atom. The van der Waals surface area contributed by atoms with E-state index in [9.17, 15) is 4.79 Å². The second-order valence-electron chi connectivity index (χ2n) is 6.07. The highest BCUT2D eigenvalue weighted by Crippen LogP contribution is 2.20. The number of nitrogens with zero attached hydrogens (tertiary/aromatic N) is 2. The number of nitrogens with one attached hydrogen (secondary N) is 1. The van der Waals surface area contributed by atoms with Crippen molar-refractivity contribution in [3.8, 4) is 0 Å². The van der Waals surface area contributed by atoms with Crippen LogP contribution in [0.2, 0.25) is 0 Å². The molecule has 0 bridgehead atoms. The zero-order valence-electron chi connectivity index (χ0n) is 13.5. The molecule has 4 nitrogen and oxygen atoms in total. The van der Waals surface area contributed by atoms with Gasteiger partial charge in [-0.1, -0.05) is 11.6 Å². The van der Waals surface area contributed by atoms with Crippen molar-refractivity contribution < 1.29 is 4.79 Å². The minimum absolute atomic E-state index is 0.149. The van der Waals surface area contributed by atoms with E-state index >= 15 is 0 Å². The third-order valence-electron chi connectivity index (χ3n) is 4.14. The molecule has 4 heteroatoms. The van der Waals surface area contributed by atoms with Crippen molar-refractivity contribution in [3.63, 3.8) is 0 Å². The summed E-state index contributed by atoms with van der Waals surface area (Å²) in [7, 11) is 0. The zero-order chi connectivity index (χ0) is 15.2. The van der Waals surface area contributed by atoms with Gasteiger partial charge in [0, 0.05) is 24.7 Å². The molecule has 0 saturated heterocycles. The smallest absolute Gasteiger partial charge is 0.220 e. The molecule has 0 saturated carbocycles. The first-order chi connectivity index (χ1) is 10.1. The number of rotatable bonds is 6. The van der Waals surface area contributed by atoms with Crippen LogP contribution < -0.4 is 5.32 Å². The molecule has 21 heavy (non-hydrogen) atoms. The van der Waals surface area contributed by atoms with Gasteiger partial charge in [0.2, 0.25) is 5.91 Å². The van der Waals surface area contributed by atoms with E-state index < -0.39 is 0 Å². The van der Waals surface area contributed by atoms with Gasteiger partial charge >= 0.3 is 0 Å². The zero-order valence-corrected chi connectivity index (χ0v) is 13.5. The number of carbonyl (C=O) groups is 1. The summed E-state index contributed by atoms with van der Waals surface area (Å²) in [5, 5.41) is 7.54. The van der Waals surface area contributed by atoms with Crippen LogP contribution in [-0.4, -0.2) is 21.7 Å². The lowest BCUT2D eigenvalue weighted by molar-refractivity contribution is -0.121. The highest BCUT2D eigenvalue weighted by molar-refractivity contribution is 5.76. The monoisotopic (exact) mass is 289 g/mol. The van der Waals surface area contributed by atoms with Crippen LogP contribution in [0.5, 0.6) is 0 Å². The minimum Gasteiger partial charge on any atom is -0.350 e. The predicted octanol–water partition coefficient (Wildman–Crippen LogP) is 3.29. The Bertz CT molecular complexity index is 516. The maximum atomic E-state index is 12.0. The summed E-state index contributed by atoms with van der Waals surface area (Å²) >= 11 is 0. The first kappa shape index (κ1) is 15.8. The van der Waals surface area contributed by atoms with Crippen LogP contribution in [0.1, 0.15) is 56.8 Å². The van der Waals surface area contributed by atoms with Gasteiger partial charge in [-0.05, 0) is 58.9 Å². The van der Waals surface area contributed by atoms with Gasteiger partial charge in [0.25, 0.3) is 0 Å². The molecule has 0 radical (unpaired) electrons. The molecular weight excluding hydrogens is 262 g/mol. The van der Waals surface area contributed by atoms with Crippen LogP contribution >= 0.6 is 0 Å². The van der Waals surface area contributed by atoms with Gasteiger partial charge in [-0.15, -0.1) is 0 Å². The van der Waals surface area contributed by atoms with Crippen molar-refractivity contribution in [2.75, 3.05) is 0 Å². The van der Waals surface area contributed by atoms with E-state index in [4.69, 9.17) is 0 Å². The number of aryl methyl sites for hydroxylation is 3. The standard InChI is InChI=1S/C17H27N3O/c1-13-12-14(2)20(19-13)11-7-10-17(21)18-15(3)16-8-5-4-6-9-16/h8,12,15H,4-7,9-11H2,1-3H3,(H,18,21)/t15-/m0/s1. The molecule has 1 aliphatic carbocycles. The van der Waals surface area contributed by atoms with Crippen LogP contribution in [0.3, 0.4) is 0 Å². The molecule has 1 N–H and O–H groups in total. The Morgan fingerprint density at radius 2 is 2.24 bits per heavy atom. The van der Waals surface area contributed by atoms with Crippen LogP contribution in [0.15, 0.2) is 17.7 Å². The normalized spacial score (nSPS) is 16.4. The maximum Gasteiger partial charge on any atom is 0.220 e. The van der Waals surface area contributed by atoms with Crippen molar-refractivity contribution in [2.45, 2.75) is 71.9 Å². The fraction of sp³-hybridized carbons (Fsp3) is 0.647. The molecule has 0 aromatic carbocycles. The average molecular weight is 289 g/mol. The van der Waals surface area contributed by atoms with Gasteiger partial charge in [0.05, 0.1) is 5.69 Å². The van der Waals surface area contributed by atoms with Gasteiger partial charge in [0.15, 0.2) is 0 Å². The molecule has 2 rings (SSSR count). The molecular formula is C17H27N3O. The molecule has 0 fully saturated rings. The predicted molar refractivity (Wildman–Crippen MR) is 85.1 cm³/mol. The summed E-state index contributed by atoms with van der Waals surface area (Å²) in [5.41, 5.74) is 3.59. The molecule has 1 atom stereocenters. The Hall–Kier alpha value is -1.58. The lowest BCUT2D eigenvalue weighted by atomic mass is 9.94. The number of amides is 1. The second-order valence-corrected chi connectivity index (χ2v) is 6.07. The summed E-state index contributed by atoms with van der Waals surface area (Å²) in [6.45, 7) is 6.95. The number of aromatic nitrogens is 2. The first-order valence-corrected chi connectivity index (χ1v) is 8.05. The Labute approximate surface area is 127 Å². The minimum atomic E-state index is 0.149. The van der Waals surface area contributed by atoms with Gasteiger partial charge in [0.1, 0.15) is 0 Å². The van der Waals surface area contributed by atoms with Gasteiger partial charge in [-0.25, -0.2) is 0 Å². The molecule has 0 aliphatic heterocycles. The average Bonchev–Trinajstić information content (AvgIpc) is 2.78. The maximum absolute atomic E-state index is 12.0. The lowest BCUT2D eigenvalue weighted by Crippen LogP contribution is -2.34. The van der Waals surface area contributed by atoms with Gasteiger partial charge in [-0.2, -0.15) is 5.10 Å². The summed E-state index contributed by atoms with van der Waals surface area (Å²) in [6, 6.07) is 2.25. The van der Waals surface area contributed by atoms with Gasteiger partial charge < -0.3 is 5.32 Å². The molecule has 1 aromatic rings. The Kier molecular flexibility index (Phi) is 5.59. The van der Waals surface area contributed by atoms with Gasteiger partial charge in [-0.3, -0.25) is 9.48 Å². The van der Waals surface area contributed by atoms with Crippen molar-refractivity contribution in [3.05, 3.63) is 29.1 Å². The molecule has 1 heterocycles. The molecule has 1 aliphatic rings. The lowest BCUT2D eigenvalue weighted by Gasteiger charge is -2.20. The summed E-state index contributed by atoms with van der Waals surface area (Å²) in [4.78, 5) is 12.0. The second kappa shape index (κ2) is 7.43. The van der Waals surface area contributed by atoms with E-state index in [1.54, 1.807) is 0 Å². The molecule has 1 aromatic heterocycles.